The van der Waals surface area contributed by atoms with Crippen molar-refractivity contribution in [1.82, 2.24) is 0 Å². The molecule has 1 aromatic carbocycles. The number of aryl methyl sites for hydroxylation is 1. The number of alkyl halides is 2. The molecule has 0 N–H and O–H groups in total. The van der Waals surface area contributed by atoms with Gasteiger partial charge in [0.25, 0.3) is 0 Å². The first-order valence-corrected chi connectivity index (χ1v) is 8.74. The maximum Gasteiger partial charge on any atom is 0.387 e. The van der Waals surface area contributed by atoms with E-state index in [9.17, 15) is 18.4 Å². The molecule has 0 spiro atoms. The fourth-order valence-electron chi connectivity index (χ4n) is 4.07. The molecule has 136 valence electrons. The lowest BCUT2D eigenvalue weighted by Crippen LogP contribution is -2.48. The average Bonchev–Trinajstić information content (AvgIpc) is 3.08. The van der Waals surface area contributed by atoms with Gasteiger partial charge >= 0.3 is 12.6 Å². The largest absolute Gasteiger partial charge is 0.458 e. The molecule has 1 aromatic rings. The lowest BCUT2D eigenvalue weighted by atomic mass is 9.76. The van der Waals surface area contributed by atoms with Gasteiger partial charge in [-0.3, -0.25) is 9.59 Å². The van der Waals surface area contributed by atoms with Crippen LogP contribution in [0.25, 0.3) is 0 Å². The third-order valence-electron chi connectivity index (χ3n) is 5.24. The molecule has 0 aromatic heterocycles. The second kappa shape index (κ2) is 7.50. The molecule has 1 heterocycles. The predicted octanol–water partition coefficient (Wildman–Crippen LogP) is 4.06. The van der Waals surface area contributed by atoms with E-state index >= 15 is 0 Å². The van der Waals surface area contributed by atoms with Crippen LogP contribution in [0.3, 0.4) is 0 Å². The van der Waals surface area contributed by atoms with Crippen molar-refractivity contribution in [2.24, 2.45) is 5.92 Å². The van der Waals surface area contributed by atoms with Crippen LogP contribution in [0, 0.1) is 5.92 Å². The summed E-state index contributed by atoms with van der Waals surface area (Å²) in [4.78, 5) is 23.9. The van der Waals surface area contributed by atoms with Gasteiger partial charge in [0.2, 0.25) is 0 Å². The Bertz CT molecular complexity index is 605. The average molecular weight is 352 g/mol. The van der Waals surface area contributed by atoms with Gasteiger partial charge in [0, 0.05) is 6.42 Å². The van der Waals surface area contributed by atoms with Crippen LogP contribution in [-0.2, 0) is 20.7 Å². The molecule has 0 radical (unpaired) electrons. The molecule has 0 bridgehead atoms. The Hall–Kier alpha value is -1.98. The van der Waals surface area contributed by atoms with E-state index in [0.29, 0.717) is 12.8 Å². The molecule has 0 amide bonds. The van der Waals surface area contributed by atoms with Crippen LogP contribution in [-0.4, -0.2) is 24.0 Å². The van der Waals surface area contributed by atoms with Crippen LogP contribution in [0.15, 0.2) is 24.3 Å². The zero-order valence-electron chi connectivity index (χ0n) is 14.0. The topological polar surface area (TPSA) is 52.6 Å². The van der Waals surface area contributed by atoms with Gasteiger partial charge in [0.15, 0.2) is 0 Å². The summed E-state index contributed by atoms with van der Waals surface area (Å²) >= 11 is 0. The molecule has 4 nitrogen and oxygen atoms in total. The van der Waals surface area contributed by atoms with Crippen LogP contribution in [0.2, 0.25) is 0 Å². The van der Waals surface area contributed by atoms with Gasteiger partial charge < -0.3 is 9.47 Å². The molecule has 1 saturated heterocycles. The summed E-state index contributed by atoms with van der Waals surface area (Å²) < 4.78 is 34.5. The van der Waals surface area contributed by atoms with Crippen molar-refractivity contribution in [3.05, 3.63) is 29.8 Å². The first kappa shape index (κ1) is 17.8. The first-order valence-electron chi connectivity index (χ1n) is 8.74. The summed E-state index contributed by atoms with van der Waals surface area (Å²) in [5, 5.41) is 0. The van der Waals surface area contributed by atoms with Crippen molar-refractivity contribution < 1.29 is 27.8 Å². The van der Waals surface area contributed by atoms with E-state index in [1.165, 1.54) is 12.1 Å². The fraction of sp³-hybridized carbons (Fsp3) is 0.579. The number of Topliss-reactive ketones (excluding diaryl/α,β-unsaturated/α-hetero) is 1. The van der Waals surface area contributed by atoms with Gasteiger partial charge in [-0.05, 0) is 49.3 Å². The number of cyclic esters (lactones) is 1. The van der Waals surface area contributed by atoms with Gasteiger partial charge in [-0.25, -0.2) is 0 Å². The number of benzene rings is 1. The molecular weight excluding hydrogens is 330 g/mol. The first-order chi connectivity index (χ1) is 12.0. The Labute approximate surface area is 145 Å². The van der Waals surface area contributed by atoms with E-state index in [0.717, 1.165) is 31.2 Å². The minimum absolute atomic E-state index is 0.0520. The molecule has 6 heteroatoms. The second-order valence-electron chi connectivity index (χ2n) is 6.93. The standard InChI is InChI=1S/C19H22F2O4/c20-18(21)24-16-7-5-13(6-8-16)9-10-19(14-3-1-2-4-14)12-15(22)11-17(23)25-19/h5-8,14,18H,1-4,9-12H2. The van der Waals surface area contributed by atoms with Crippen LogP contribution < -0.4 is 4.74 Å². The summed E-state index contributed by atoms with van der Waals surface area (Å²) in [5.41, 5.74) is 0.231. The number of hydrogen-bond acceptors (Lipinski definition) is 4. The number of carbonyl (C=O) groups excluding carboxylic acids is 2. The van der Waals surface area contributed by atoms with E-state index in [4.69, 9.17) is 4.74 Å². The third-order valence-corrected chi connectivity index (χ3v) is 5.24. The van der Waals surface area contributed by atoms with Crippen molar-refractivity contribution in [2.45, 2.75) is 63.6 Å². The summed E-state index contributed by atoms with van der Waals surface area (Å²) in [6.07, 6.45) is 5.49. The maximum absolute atomic E-state index is 12.2. The number of carbonyl (C=O) groups is 2. The van der Waals surface area contributed by atoms with Gasteiger partial charge in [0.05, 0.1) is 0 Å². The van der Waals surface area contributed by atoms with Crippen LogP contribution >= 0.6 is 0 Å². The van der Waals surface area contributed by atoms with Crippen LogP contribution in [0.1, 0.15) is 50.5 Å². The minimum Gasteiger partial charge on any atom is -0.458 e. The van der Waals surface area contributed by atoms with E-state index < -0.39 is 18.2 Å². The SMILES string of the molecule is O=C1CC(=O)OC(CCc2ccc(OC(F)F)cc2)(C2CCCC2)C1. The molecule has 1 saturated carbocycles. The van der Waals surface area contributed by atoms with Crippen molar-refractivity contribution in [3.63, 3.8) is 0 Å². The Kier molecular flexibility index (Phi) is 5.35. The Morgan fingerprint density at radius 1 is 1.16 bits per heavy atom. The van der Waals surface area contributed by atoms with E-state index in [1.807, 2.05) is 0 Å². The predicted molar refractivity (Wildman–Crippen MR) is 86.4 cm³/mol. The lowest BCUT2D eigenvalue weighted by molar-refractivity contribution is -0.178. The van der Waals surface area contributed by atoms with Crippen molar-refractivity contribution in [2.75, 3.05) is 0 Å². The second-order valence-corrected chi connectivity index (χ2v) is 6.93. The molecule has 25 heavy (non-hydrogen) atoms. The number of halogens is 2. The van der Waals surface area contributed by atoms with Crippen molar-refractivity contribution in [3.8, 4) is 5.75 Å². The van der Waals surface area contributed by atoms with Crippen LogP contribution in [0.4, 0.5) is 8.78 Å². The van der Waals surface area contributed by atoms with Crippen LogP contribution in [0.5, 0.6) is 5.75 Å². The fourth-order valence-corrected chi connectivity index (χ4v) is 4.07. The Morgan fingerprint density at radius 2 is 1.84 bits per heavy atom. The van der Waals surface area contributed by atoms with Crippen molar-refractivity contribution >= 4 is 11.8 Å². The van der Waals surface area contributed by atoms with E-state index in [-0.39, 0.29) is 30.3 Å². The molecule has 1 atom stereocenters. The summed E-state index contributed by atoms with van der Waals surface area (Å²) in [5.74, 6) is -0.140. The molecule has 1 unspecified atom stereocenters. The number of ketones is 1. The van der Waals surface area contributed by atoms with E-state index in [2.05, 4.69) is 4.74 Å². The highest BCUT2D eigenvalue weighted by Gasteiger charge is 2.47. The smallest absolute Gasteiger partial charge is 0.387 e. The Balaban J connectivity index is 1.70. The number of hydrogen-bond donors (Lipinski definition) is 0. The normalized spacial score (nSPS) is 24.6. The number of esters is 1. The minimum atomic E-state index is -2.84. The number of ether oxygens (including phenoxy) is 2. The molecule has 3 rings (SSSR count). The van der Waals surface area contributed by atoms with Gasteiger partial charge in [0.1, 0.15) is 23.6 Å². The summed E-state index contributed by atoms with van der Waals surface area (Å²) in [6.45, 7) is -2.84. The third kappa shape index (κ3) is 4.35. The molecule has 1 aliphatic heterocycles. The maximum atomic E-state index is 12.2. The van der Waals surface area contributed by atoms with Gasteiger partial charge in [-0.15, -0.1) is 0 Å². The highest BCUT2D eigenvalue weighted by Crippen LogP contribution is 2.43. The quantitative estimate of drug-likeness (QED) is 0.572. The zero-order valence-corrected chi connectivity index (χ0v) is 14.0. The lowest BCUT2D eigenvalue weighted by Gasteiger charge is -2.41. The molecule has 2 fully saturated rings. The van der Waals surface area contributed by atoms with Gasteiger partial charge in [-0.2, -0.15) is 8.78 Å². The summed E-state index contributed by atoms with van der Waals surface area (Å²) in [6, 6.07) is 6.46. The molecule has 1 aliphatic carbocycles. The highest BCUT2D eigenvalue weighted by molar-refractivity contribution is 5.98. The van der Waals surface area contributed by atoms with Crippen molar-refractivity contribution in [1.29, 1.82) is 0 Å². The molecular formula is C19H22F2O4. The monoisotopic (exact) mass is 352 g/mol. The number of rotatable bonds is 6. The van der Waals surface area contributed by atoms with E-state index in [1.54, 1.807) is 12.1 Å². The highest BCUT2D eigenvalue weighted by atomic mass is 19.3. The molecule has 2 aliphatic rings. The summed E-state index contributed by atoms with van der Waals surface area (Å²) in [7, 11) is 0. The Morgan fingerprint density at radius 3 is 2.44 bits per heavy atom. The van der Waals surface area contributed by atoms with Gasteiger partial charge in [-0.1, -0.05) is 25.0 Å². The zero-order chi connectivity index (χ0) is 17.9.